The van der Waals surface area contributed by atoms with E-state index in [0.717, 1.165) is 31.2 Å². The van der Waals surface area contributed by atoms with Gasteiger partial charge >= 0.3 is 5.76 Å². The number of para-hydroxylation sites is 2. The van der Waals surface area contributed by atoms with E-state index in [1.54, 1.807) is 21.5 Å². The van der Waals surface area contributed by atoms with Crippen LogP contribution in [-0.2, 0) is 28.7 Å². The van der Waals surface area contributed by atoms with Crippen LogP contribution in [0.2, 0.25) is 0 Å². The highest BCUT2D eigenvalue weighted by Crippen LogP contribution is 2.13. The molecule has 0 aliphatic rings. The molecule has 3 aromatic rings. The molecule has 0 N–H and O–H groups in total. The van der Waals surface area contributed by atoms with E-state index in [-0.39, 0.29) is 17.3 Å². The summed E-state index contributed by atoms with van der Waals surface area (Å²) in [5.74, 6) is -0.191. The fraction of sp³-hybridized carbons (Fsp3) is 0.625. The lowest BCUT2D eigenvalue weighted by molar-refractivity contribution is 0.473. The minimum Gasteiger partial charge on any atom is -0.408 e. The van der Waals surface area contributed by atoms with Crippen molar-refractivity contribution in [3.05, 3.63) is 46.7 Å². The first-order valence-electron chi connectivity index (χ1n) is 12.2. The highest BCUT2D eigenvalue weighted by molar-refractivity contribution is 7.90. The predicted octanol–water partition coefficient (Wildman–Crippen LogP) is 4.72. The van der Waals surface area contributed by atoms with Gasteiger partial charge in [0.1, 0.15) is 0 Å². The molecule has 2 heterocycles. The van der Waals surface area contributed by atoms with Gasteiger partial charge in [0.2, 0.25) is 0 Å². The second-order valence-corrected chi connectivity index (χ2v) is 10.9. The summed E-state index contributed by atoms with van der Waals surface area (Å²) in [6.07, 6.45) is 12.3. The van der Waals surface area contributed by atoms with Gasteiger partial charge in [-0.2, -0.15) is 0 Å². The third kappa shape index (κ3) is 8.14. The highest BCUT2D eigenvalue weighted by atomic mass is 32.2. The molecular formula is C24H36N4O4S. The minimum atomic E-state index is -3.17. The molecule has 8 nitrogen and oxygen atoms in total. The number of unbranched alkanes of at least 4 members (excludes halogenated alkanes) is 8. The van der Waals surface area contributed by atoms with Gasteiger partial charge < -0.3 is 4.42 Å². The van der Waals surface area contributed by atoms with E-state index < -0.39 is 9.84 Å². The first kappa shape index (κ1) is 25.2. The molecule has 0 amide bonds. The molecule has 0 aliphatic carbocycles. The molecule has 0 saturated heterocycles. The monoisotopic (exact) mass is 476 g/mol. The molecule has 3 rings (SSSR count). The quantitative estimate of drug-likeness (QED) is 0.277. The zero-order valence-electron chi connectivity index (χ0n) is 19.6. The standard InChI is InChI=1S/C24H36N4O4S/c1-2-3-4-5-6-7-8-13-18-33(30,31)20-21-19-27(26-25-21)16-11-12-17-28-22-14-9-10-15-23(22)32-24(28)29/h9-10,14-15,19H,2-8,11-13,16-18,20H2,1H3. The molecule has 0 bridgehead atoms. The molecule has 0 saturated carbocycles. The van der Waals surface area contributed by atoms with Crippen LogP contribution < -0.4 is 5.76 Å². The van der Waals surface area contributed by atoms with Crippen LogP contribution >= 0.6 is 0 Å². The molecule has 0 unspecified atom stereocenters. The van der Waals surface area contributed by atoms with Crippen molar-refractivity contribution < 1.29 is 12.8 Å². The van der Waals surface area contributed by atoms with Gasteiger partial charge in [0.05, 0.1) is 22.7 Å². The van der Waals surface area contributed by atoms with E-state index in [0.29, 0.717) is 30.8 Å². The maximum absolute atomic E-state index is 12.4. The zero-order chi connectivity index (χ0) is 23.5. The molecule has 2 aromatic heterocycles. The van der Waals surface area contributed by atoms with Gasteiger partial charge in [-0.05, 0) is 31.4 Å². The van der Waals surface area contributed by atoms with Crippen molar-refractivity contribution in [1.82, 2.24) is 19.6 Å². The number of rotatable bonds is 16. The Balaban J connectivity index is 1.35. The number of sulfone groups is 1. The average Bonchev–Trinajstić information content (AvgIpc) is 3.35. The van der Waals surface area contributed by atoms with Gasteiger partial charge in [-0.3, -0.25) is 9.25 Å². The summed E-state index contributed by atoms with van der Waals surface area (Å²) in [6.45, 7) is 3.39. The molecule has 33 heavy (non-hydrogen) atoms. The summed E-state index contributed by atoms with van der Waals surface area (Å²) < 4.78 is 33.4. The largest absolute Gasteiger partial charge is 0.419 e. The van der Waals surface area contributed by atoms with E-state index in [4.69, 9.17) is 4.42 Å². The number of hydrogen-bond acceptors (Lipinski definition) is 6. The molecule has 182 valence electrons. The third-order valence-electron chi connectivity index (χ3n) is 5.86. The Hall–Kier alpha value is -2.42. The van der Waals surface area contributed by atoms with Crippen LogP contribution in [0, 0.1) is 0 Å². The Morgan fingerprint density at radius 3 is 2.39 bits per heavy atom. The van der Waals surface area contributed by atoms with Crippen LogP contribution in [0.5, 0.6) is 0 Å². The van der Waals surface area contributed by atoms with Gasteiger partial charge in [-0.15, -0.1) is 5.10 Å². The molecule has 0 spiro atoms. The van der Waals surface area contributed by atoms with Gasteiger partial charge in [-0.25, -0.2) is 13.2 Å². The first-order chi connectivity index (χ1) is 16.0. The number of aromatic nitrogens is 4. The lowest BCUT2D eigenvalue weighted by Crippen LogP contribution is -2.14. The highest BCUT2D eigenvalue weighted by Gasteiger charge is 2.14. The molecular weight excluding hydrogens is 440 g/mol. The number of fused-ring (bicyclic) bond motifs is 1. The number of aryl methyl sites for hydroxylation is 2. The van der Waals surface area contributed by atoms with Crippen molar-refractivity contribution in [1.29, 1.82) is 0 Å². The maximum atomic E-state index is 12.4. The molecule has 9 heteroatoms. The summed E-state index contributed by atoms with van der Waals surface area (Å²) >= 11 is 0. The second-order valence-electron chi connectivity index (χ2n) is 8.73. The van der Waals surface area contributed by atoms with Crippen LogP contribution in [0.3, 0.4) is 0 Å². The maximum Gasteiger partial charge on any atom is 0.419 e. The van der Waals surface area contributed by atoms with E-state index >= 15 is 0 Å². The normalized spacial score (nSPS) is 12.0. The lowest BCUT2D eigenvalue weighted by atomic mass is 10.1. The molecule has 0 radical (unpaired) electrons. The fourth-order valence-corrected chi connectivity index (χ4v) is 5.41. The molecule has 0 fully saturated rings. The van der Waals surface area contributed by atoms with Crippen molar-refractivity contribution >= 4 is 20.9 Å². The van der Waals surface area contributed by atoms with Gasteiger partial charge in [0.25, 0.3) is 0 Å². The van der Waals surface area contributed by atoms with Crippen LogP contribution in [-0.4, -0.2) is 33.7 Å². The number of oxazole rings is 1. The SMILES string of the molecule is CCCCCCCCCCS(=O)(=O)Cc1cn(CCCCn2c(=O)oc3ccccc32)nn1. The summed E-state index contributed by atoms with van der Waals surface area (Å²) in [7, 11) is -3.17. The van der Waals surface area contributed by atoms with E-state index in [9.17, 15) is 13.2 Å². The van der Waals surface area contributed by atoms with Gasteiger partial charge in [0, 0.05) is 19.3 Å². The van der Waals surface area contributed by atoms with Crippen LogP contribution in [0.15, 0.2) is 39.7 Å². The number of benzene rings is 1. The summed E-state index contributed by atoms with van der Waals surface area (Å²) in [5, 5.41) is 8.10. The number of nitrogens with zero attached hydrogens (tertiary/aromatic N) is 4. The summed E-state index contributed by atoms with van der Waals surface area (Å²) in [4.78, 5) is 12.0. The Labute approximate surface area is 195 Å². The second kappa shape index (κ2) is 12.7. The van der Waals surface area contributed by atoms with Crippen LogP contribution in [0.1, 0.15) is 76.8 Å². The summed E-state index contributed by atoms with van der Waals surface area (Å²) in [5.41, 5.74) is 1.88. The van der Waals surface area contributed by atoms with Crippen molar-refractivity contribution in [2.45, 2.75) is 90.0 Å². The molecule has 0 atom stereocenters. The predicted molar refractivity (Wildman–Crippen MR) is 130 cm³/mol. The Kier molecular flexibility index (Phi) is 9.72. The Morgan fingerprint density at radius 2 is 1.61 bits per heavy atom. The van der Waals surface area contributed by atoms with Gasteiger partial charge in [-0.1, -0.05) is 69.2 Å². The smallest absolute Gasteiger partial charge is 0.408 e. The minimum absolute atomic E-state index is 0.0557. The topological polar surface area (TPSA) is 100.0 Å². The van der Waals surface area contributed by atoms with Crippen molar-refractivity contribution in [2.75, 3.05) is 5.75 Å². The Morgan fingerprint density at radius 1 is 0.909 bits per heavy atom. The van der Waals surface area contributed by atoms with E-state index in [1.165, 1.54) is 32.1 Å². The molecule has 0 aliphatic heterocycles. The average molecular weight is 477 g/mol. The van der Waals surface area contributed by atoms with Crippen LogP contribution in [0.25, 0.3) is 11.1 Å². The fourth-order valence-electron chi connectivity index (χ4n) is 4.04. The first-order valence-corrected chi connectivity index (χ1v) is 14.0. The molecule has 1 aromatic carbocycles. The third-order valence-corrected chi connectivity index (χ3v) is 7.50. The van der Waals surface area contributed by atoms with Crippen molar-refractivity contribution in [3.63, 3.8) is 0 Å². The summed E-state index contributed by atoms with van der Waals surface area (Å²) in [6, 6.07) is 7.38. The van der Waals surface area contributed by atoms with Crippen molar-refractivity contribution in [3.8, 4) is 0 Å². The van der Waals surface area contributed by atoms with E-state index in [2.05, 4.69) is 17.2 Å². The number of hydrogen-bond donors (Lipinski definition) is 0. The Bertz CT molecular complexity index is 1150. The van der Waals surface area contributed by atoms with Crippen molar-refractivity contribution in [2.24, 2.45) is 0 Å². The van der Waals surface area contributed by atoms with Crippen LogP contribution in [0.4, 0.5) is 0 Å². The van der Waals surface area contributed by atoms with Gasteiger partial charge in [0.15, 0.2) is 15.4 Å². The zero-order valence-corrected chi connectivity index (χ0v) is 20.4. The van der Waals surface area contributed by atoms with E-state index in [1.807, 2.05) is 18.2 Å². The lowest BCUT2D eigenvalue weighted by Gasteiger charge is -2.03.